The zero-order valence-corrected chi connectivity index (χ0v) is 14.7. The van der Waals surface area contributed by atoms with Gasteiger partial charge in [0.15, 0.2) is 0 Å². The van der Waals surface area contributed by atoms with Crippen LogP contribution in [0.4, 0.5) is 4.39 Å². The largest absolute Gasteiger partial charge is 0.330 e. The van der Waals surface area contributed by atoms with Crippen molar-refractivity contribution in [2.24, 2.45) is 5.92 Å². The molecule has 0 aromatic heterocycles. The van der Waals surface area contributed by atoms with Crippen LogP contribution in [0.1, 0.15) is 55.3 Å². The number of hydrogen-bond acceptors (Lipinski definition) is 3. The molecule has 1 heterocycles. The van der Waals surface area contributed by atoms with Crippen LogP contribution in [0.3, 0.4) is 0 Å². The molecule has 2 fully saturated rings. The van der Waals surface area contributed by atoms with E-state index in [9.17, 15) is 18.8 Å². The number of nitrogens with one attached hydrogen (secondary N) is 2. The summed E-state index contributed by atoms with van der Waals surface area (Å²) in [7, 11) is 0. The lowest BCUT2D eigenvalue weighted by atomic mass is 9.88. The van der Waals surface area contributed by atoms with Gasteiger partial charge < -0.3 is 4.90 Å². The van der Waals surface area contributed by atoms with Crippen LogP contribution in [0.15, 0.2) is 24.3 Å². The Morgan fingerprint density at radius 1 is 0.962 bits per heavy atom. The maximum atomic E-state index is 13.6. The highest BCUT2D eigenvalue weighted by Gasteiger charge is 2.37. The van der Waals surface area contributed by atoms with E-state index in [1.807, 2.05) is 0 Å². The molecule has 1 aliphatic carbocycles. The van der Waals surface area contributed by atoms with Crippen LogP contribution in [0.5, 0.6) is 0 Å². The molecule has 6 nitrogen and oxygen atoms in total. The molecule has 140 valence electrons. The lowest BCUT2D eigenvalue weighted by Gasteiger charge is -2.30. The molecule has 1 atom stereocenters. The molecule has 1 aromatic carbocycles. The summed E-state index contributed by atoms with van der Waals surface area (Å²) in [5.74, 6) is -1.77. The number of likely N-dealkylation sites (tertiary alicyclic amines) is 1. The maximum Gasteiger partial charge on any atom is 0.272 e. The highest BCUT2D eigenvalue weighted by atomic mass is 19.1. The summed E-state index contributed by atoms with van der Waals surface area (Å²) < 4.78 is 13.6. The average Bonchev–Trinajstić information content (AvgIpc) is 3.16. The van der Waals surface area contributed by atoms with Crippen molar-refractivity contribution in [2.45, 2.75) is 51.0 Å². The van der Waals surface area contributed by atoms with E-state index in [2.05, 4.69) is 10.9 Å². The van der Waals surface area contributed by atoms with Crippen molar-refractivity contribution in [1.29, 1.82) is 0 Å². The van der Waals surface area contributed by atoms with E-state index in [4.69, 9.17) is 0 Å². The second-order valence-electron chi connectivity index (χ2n) is 6.95. The molecular weight excluding hydrogens is 337 g/mol. The Morgan fingerprint density at radius 2 is 1.69 bits per heavy atom. The van der Waals surface area contributed by atoms with Crippen molar-refractivity contribution >= 4 is 17.7 Å². The van der Waals surface area contributed by atoms with Crippen molar-refractivity contribution in [1.82, 2.24) is 15.8 Å². The Balaban J connectivity index is 1.57. The molecule has 3 amide bonds. The van der Waals surface area contributed by atoms with Gasteiger partial charge in [0.25, 0.3) is 11.8 Å². The summed E-state index contributed by atoms with van der Waals surface area (Å²) >= 11 is 0. The zero-order valence-electron chi connectivity index (χ0n) is 14.7. The number of hydrogen-bond donors (Lipinski definition) is 2. The number of rotatable bonds is 3. The normalized spacial score (nSPS) is 20.7. The Kier molecular flexibility index (Phi) is 5.85. The van der Waals surface area contributed by atoms with Gasteiger partial charge in [-0.1, -0.05) is 31.4 Å². The van der Waals surface area contributed by atoms with Gasteiger partial charge in [-0.2, -0.15) is 0 Å². The second-order valence-corrected chi connectivity index (χ2v) is 6.95. The Morgan fingerprint density at radius 3 is 2.42 bits per heavy atom. The van der Waals surface area contributed by atoms with Gasteiger partial charge in [0, 0.05) is 12.5 Å². The summed E-state index contributed by atoms with van der Waals surface area (Å²) in [6, 6.07) is 4.97. The van der Waals surface area contributed by atoms with Crippen molar-refractivity contribution in [2.75, 3.05) is 6.54 Å². The summed E-state index contributed by atoms with van der Waals surface area (Å²) in [5.41, 5.74) is 4.43. The van der Waals surface area contributed by atoms with Crippen molar-refractivity contribution in [3.8, 4) is 0 Å². The zero-order chi connectivity index (χ0) is 18.5. The molecule has 1 saturated heterocycles. The first kappa shape index (κ1) is 18.4. The first-order valence-electron chi connectivity index (χ1n) is 9.23. The average molecular weight is 361 g/mol. The first-order valence-corrected chi connectivity index (χ1v) is 9.23. The molecule has 0 bridgehead atoms. The van der Waals surface area contributed by atoms with Crippen LogP contribution in [0.25, 0.3) is 0 Å². The second kappa shape index (κ2) is 8.29. The van der Waals surface area contributed by atoms with Crippen molar-refractivity contribution < 1.29 is 18.8 Å². The van der Waals surface area contributed by atoms with Gasteiger partial charge >= 0.3 is 0 Å². The number of benzene rings is 1. The Labute approximate surface area is 152 Å². The third kappa shape index (κ3) is 4.03. The smallest absolute Gasteiger partial charge is 0.272 e. The SMILES string of the molecule is O=C(NNC(=O)C1CCCN1C(=O)C1CCCCC1)c1ccccc1F. The highest BCUT2D eigenvalue weighted by Crippen LogP contribution is 2.28. The van der Waals surface area contributed by atoms with E-state index < -0.39 is 23.7 Å². The lowest BCUT2D eigenvalue weighted by molar-refractivity contribution is -0.142. The molecule has 0 radical (unpaired) electrons. The van der Waals surface area contributed by atoms with Crippen LogP contribution in [0.2, 0.25) is 0 Å². The first-order chi connectivity index (χ1) is 12.6. The van der Waals surface area contributed by atoms with Crippen LogP contribution in [0, 0.1) is 11.7 Å². The third-order valence-electron chi connectivity index (χ3n) is 5.21. The summed E-state index contributed by atoms with van der Waals surface area (Å²) in [5, 5.41) is 0. The van der Waals surface area contributed by atoms with Gasteiger partial charge in [-0.05, 0) is 37.8 Å². The quantitative estimate of drug-likeness (QED) is 0.810. The van der Waals surface area contributed by atoms with E-state index in [-0.39, 0.29) is 17.4 Å². The van der Waals surface area contributed by atoms with Crippen LogP contribution >= 0.6 is 0 Å². The number of carbonyl (C=O) groups excluding carboxylic acids is 3. The minimum Gasteiger partial charge on any atom is -0.330 e. The van der Waals surface area contributed by atoms with Crippen LogP contribution < -0.4 is 10.9 Å². The minimum atomic E-state index is -0.723. The summed E-state index contributed by atoms with van der Waals surface area (Å²) in [6.07, 6.45) is 6.37. The molecule has 1 saturated carbocycles. The number of hydrazine groups is 1. The van der Waals surface area contributed by atoms with Crippen molar-refractivity contribution in [3.05, 3.63) is 35.6 Å². The number of amides is 3. The molecule has 0 spiro atoms. The van der Waals surface area contributed by atoms with Gasteiger partial charge in [0.05, 0.1) is 5.56 Å². The van der Waals surface area contributed by atoms with E-state index in [0.717, 1.165) is 38.5 Å². The molecule has 1 aromatic rings. The van der Waals surface area contributed by atoms with E-state index in [1.54, 1.807) is 11.0 Å². The van der Waals surface area contributed by atoms with Crippen molar-refractivity contribution in [3.63, 3.8) is 0 Å². The molecule has 1 aliphatic heterocycles. The van der Waals surface area contributed by atoms with Gasteiger partial charge in [-0.25, -0.2) is 4.39 Å². The molecule has 3 rings (SSSR count). The Bertz CT molecular complexity index is 688. The van der Waals surface area contributed by atoms with Gasteiger partial charge in [-0.3, -0.25) is 25.2 Å². The fourth-order valence-electron chi connectivity index (χ4n) is 3.80. The van der Waals surface area contributed by atoms with Gasteiger partial charge in [-0.15, -0.1) is 0 Å². The van der Waals surface area contributed by atoms with E-state index in [0.29, 0.717) is 13.0 Å². The fraction of sp³-hybridized carbons (Fsp3) is 0.526. The van der Waals surface area contributed by atoms with E-state index in [1.165, 1.54) is 18.2 Å². The standard InChI is InChI=1S/C19H24FN3O3/c20-15-10-5-4-9-14(15)17(24)21-22-18(25)16-11-6-12-23(16)19(26)13-7-2-1-3-8-13/h4-5,9-10,13,16H,1-3,6-8,11-12H2,(H,21,24)(H,22,25). The van der Waals surface area contributed by atoms with Crippen LogP contribution in [-0.2, 0) is 9.59 Å². The number of halogens is 1. The maximum absolute atomic E-state index is 13.6. The van der Waals surface area contributed by atoms with Crippen LogP contribution in [-0.4, -0.2) is 35.2 Å². The molecule has 26 heavy (non-hydrogen) atoms. The minimum absolute atomic E-state index is 0.00477. The molecule has 1 unspecified atom stereocenters. The molecule has 2 N–H and O–H groups in total. The molecule has 7 heteroatoms. The van der Waals surface area contributed by atoms with Gasteiger partial charge in [0.1, 0.15) is 11.9 Å². The Hall–Kier alpha value is -2.44. The summed E-state index contributed by atoms with van der Waals surface area (Å²) in [4.78, 5) is 38.8. The molecular formula is C19H24FN3O3. The lowest BCUT2D eigenvalue weighted by Crippen LogP contribution is -2.52. The highest BCUT2D eigenvalue weighted by molar-refractivity contribution is 5.96. The predicted molar refractivity (Wildman–Crippen MR) is 93.3 cm³/mol. The number of carbonyl (C=O) groups is 3. The van der Waals surface area contributed by atoms with E-state index >= 15 is 0 Å². The monoisotopic (exact) mass is 361 g/mol. The molecule has 2 aliphatic rings. The topological polar surface area (TPSA) is 78.5 Å². The number of nitrogens with zero attached hydrogens (tertiary/aromatic N) is 1. The summed E-state index contributed by atoms with van der Waals surface area (Å²) in [6.45, 7) is 0.564. The third-order valence-corrected chi connectivity index (χ3v) is 5.21. The fourth-order valence-corrected chi connectivity index (χ4v) is 3.80. The predicted octanol–water partition coefficient (Wildman–Crippen LogP) is 2.16. The van der Waals surface area contributed by atoms with Gasteiger partial charge in [0.2, 0.25) is 5.91 Å².